The largest absolute Gasteiger partial charge is 0.497 e. The summed E-state index contributed by atoms with van der Waals surface area (Å²) in [5.74, 6) is 0.925. The monoisotopic (exact) mass is 362 g/mol. The molecule has 0 radical (unpaired) electrons. The smallest absolute Gasteiger partial charge is 0.118 e. The molecule has 1 unspecified atom stereocenters. The Kier molecular flexibility index (Phi) is 5.61. The molecule has 3 heteroatoms. The van der Waals surface area contributed by atoms with E-state index in [0.717, 1.165) is 31.8 Å². The van der Waals surface area contributed by atoms with E-state index in [1.807, 2.05) is 0 Å². The van der Waals surface area contributed by atoms with E-state index in [1.165, 1.54) is 24.0 Å². The molecule has 2 aromatic carbocycles. The Hall–Kier alpha value is -2.10. The van der Waals surface area contributed by atoms with Crippen molar-refractivity contribution in [1.29, 1.82) is 0 Å². The second-order valence-electron chi connectivity index (χ2n) is 7.83. The SMILES string of the molecule is C=CC[C@@H]1C2CC[C@H](CN1Cc1ccc(OC)cc1)N2Cc1ccccc1. The zero-order valence-electron chi connectivity index (χ0n) is 16.3. The number of hydrogen-bond acceptors (Lipinski definition) is 3. The van der Waals surface area contributed by atoms with Gasteiger partial charge in [0.25, 0.3) is 0 Å². The molecule has 2 bridgehead atoms. The van der Waals surface area contributed by atoms with E-state index in [9.17, 15) is 0 Å². The minimum Gasteiger partial charge on any atom is -0.497 e. The van der Waals surface area contributed by atoms with Crippen LogP contribution in [0.25, 0.3) is 0 Å². The molecular formula is C24H30N2O. The molecule has 27 heavy (non-hydrogen) atoms. The summed E-state index contributed by atoms with van der Waals surface area (Å²) in [6, 6.07) is 21.3. The van der Waals surface area contributed by atoms with Crippen molar-refractivity contribution >= 4 is 0 Å². The average molecular weight is 363 g/mol. The molecular weight excluding hydrogens is 332 g/mol. The lowest BCUT2D eigenvalue weighted by atomic mass is 9.97. The Labute approximate surface area is 163 Å². The minimum absolute atomic E-state index is 0.548. The molecule has 2 fully saturated rings. The van der Waals surface area contributed by atoms with Crippen LogP contribution in [0.15, 0.2) is 67.3 Å². The third kappa shape index (κ3) is 3.95. The lowest BCUT2D eigenvalue weighted by Gasteiger charge is -2.47. The minimum atomic E-state index is 0.548. The van der Waals surface area contributed by atoms with Crippen LogP contribution in [0.3, 0.4) is 0 Å². The summed E-state index contributed by atoms with van der Waals surface area (Å²) < 4.78 is 5.30. The number of hydrogen-bond donors (Lipinski definition) is 0. The van der Waals surface area contributed by atoms with Crippen LogP contribution in [-0.4, -0.2) is 41.6 Å². The van der Waals surface area contributed by atoms with Crippen molar-refractivity contribution in [2.75, 3.05) is 13.7 Å². The predicted octanol–water partition coefficient (Wildman–Crippen LogP) is 4.49. The summed E-state index contributed by atoms with van der Waals surface area (Å²) in [5.41, 5.74) is 2.79. The van der Waals surface area contributed by atoms with Crippen molar-refractivity contribution in [3.63, 3.8) is 0 Å². The highest BCUT2D eigenvalue weighted by atomic mass is 16.5. The first-order chi connectivity index (χ1) is 13.3. The number of methoxy groups -OCH3 is 1. The van der Waals surface area contributed by atoms with E-state index in [-0.39, 0.29) is 0 Å². The van der Waals surface area contributed by atoms with Gasteiger partial charge in [0.05, 0.1) is 7.11 Å². The molecule has 0 saturated carbocycles. The third-order valence-corrected chi connectivity index (χ3v) is 6.21. The molecule has 0 aromatic heterocycles. The standard InChI is InChI=1S/C24H30N2O/c1-3-7-23-24-15-12-21(26(24)17-19-8-5-4-6-9-19)18-25(23)16-20-10-13-22(27-2)14-11-20/h3-6,8-11,13-14,21,23-24H,1,7,12,15-18H2,2H3/t21-,23-,24?/m1/s1. The highest BCUT2D eigenvalue weighted by Crippen LogP contribution is 2.37. The van der Waals surface area contributed by atoms with E-state index >= 15 is 0 Å². The van der Waals surface area contributed by atoms with Gasteiger partial charge in [-0.05, 0) is 42.5 Å². The third-order valence-electron chi connectivity index (χ3n) is 6.21. The van der Waals surface area contributed by atoms with Crippen molar-refractivity contribution in [3.05, 3.63) is 78.4 Å². The van der Waals surface area contributed by atoms with Gasteiger partial charge in [-0.2, -0.15) is 0 Å². The molecule has 2 heterocycles. The molecule has 2 aromatic rings. The molecule has 3 nitrogen and oxygen atoms in total. The van der Waals surface area contributed by atoms with Crippen LogP contribution in [0.2, 0.25) is 0 Å². The summed E-state index contributed by atoms with van der Waals surface area (Å²) in [4.78, 5) is 5.45. The Morgan fingerprint density at radius 1 is 1.00 bits per heavy atom. The molecule has 2 aliphatic heterocycles. The second kappa shape index (κ2) is 8.28. The van der Waals surface area contributed by atoms with Crippen LogP contribution < -0.4 is 4.74 Å². The van der Waals surface area contributed by atoms with Crippen LogP contribution in [0, 0.1) is 0 Å². The lowest BCUT2D eigenvalue weighted by molar-refractivity contribution is 0.00694. The molecule has 2 aliphatic rings. The highest BCUT2D eigenvalue weighted by Gasteiger charge is 2.45. The van der Waals surface area contributed by atoms with Crippen molar-refractivity contribution in [2.24, 2.45) is 0 Å². The molecule has 4 rings (SSSR count). The van der Waals surface area contributed by atoms with Gasteiger partial charge in [0.2, 0.25) is 0 Å². The van der Waals surface area contributed by atoms with E-state index in [0.29, 0.717) is 18.1 Å². The van der Waals surface area contributed by atoms with Gasteiger partial charge in [-0.3, -0.25) is 9.80 Å². The van der Waals surface area contributed by atoms with E-state index in [1.54, 1.807) is 7.11 Å². The Balaban J connectivity index is 1.50. The molecule has 142 valence electrons. The normalized spacial score (nSPS) is 25.4. The van der Waals surface area contributed by atoms with Crippen LogP contribution in [0.5, 0.6) is 5.75 Å². The maximum Gasteiger partial charge on any atom is 0.118 e. The van der Waals surface area contributed by atoms with Crippen LogP contribution >= 0.6 is 0 Å². The molecule has 0 aliphatic carbocycles. The summed E-state index contributed by atoms with van der Waals surface area (Å²) in [5, 5.41) is 0. The number of fused-ring (bicyclic) bond motifs is 2. The lowest BCUT2D eigenvalue weighted by Crippen LogP contribution is -2.58. The Morgan fingerprint density at radius 3 is 2.44 bits per heavy atom. The predicted molar refractivity (Wildman–Crippen MR) is 111 cm³/mol. The van der Waals surface area contributed by atoms with Crippen molar-refractivity contribution < 1.29 is 4.74 Å². The first-order valence-corrected chi connectivity index (χ1v) is 10.1. The quantitative estimate of drug-likeness (QED) is 0.675. The van der Waals surface area contributed by atoms with Crippen molar-refractivity contribution in [2.45, 2.75) is 50.5 Å². The van der Waals surface area contributed by atoms with Gasteiger partial charge in [0.15, 0.2) is 0 Å². The van der Waals surface area contributed by atoms with Gasteiger partial charge in [0, 0.05) is 37.8 Å². The summed E-state index contributed by atoms with van der Waals surface area (Å²) >= 11 is 0. The first kappa shape index (κ1) is 18.3. The second-order valence-corrected chi connectivity index (χ2v) is 7.83. The number of piperazine rings is 1. The van der Waals surface area contributed by atoms with Crippen LogP contribution in [0.4, 0.5) is 0 Å². The Morgan fingerprint density at radius 2 is 1.74 bits per heavy atom. The van der Waals surface area contributed by atoms with Gasteiger partial charge in [0.1, 0.15) is 5.75 Å². The molecule has 3 atom stereocenters. The van der Waals surface area contributed by atoms with Gasteiger partial charge in [-0.1, -0.05) is 48.5 Å². The number of ether oxygens (including phenoxy) is 1. The number of rotatable bonds is 7. The van der Waals surface area contributed by atoms with Gasteiger partial charge >= 0.3 is 0 Å². The Bertz CT molecular complexity index is 743. The van der Waals surface area contributed by atoms with E-state index in [4.69, 9.17) is 4.74 Å². The van der Waals surface area contributed by atoms with Crippen molar-refractivity contribution in [3.8, 4) is 5.75 Å². The zero-order valence-corrected chi connectivity index (χ0v) is 16.3. The van der Waals surface area contributed by atoms with Crippen molar-refractivity contribution in [1.82, 2.24) is 9.80 Å². The summed E-state index contributed by atoms with van der Waals surface area (Å²) in [6.07, 6.45) is 5.77. The summed E-state index contributed by atoms with van der Waals surface area (Å²) in [7, 11) is 1.72. The highest BCUT2D eigenvalue weighted by molar-refractivity contribution is 5.27. The molecule has 2 saturated heterocycles. The molecule has 0 amide bonds. The fourth-order valence-corrected chi connectivity index (χ4v) is 4.89. The van der Waals surface area contributed by atoms with Gasteiger partial charge in [-0.15, -0.1) is 6.58 Å². The molecule has 0 N–H and O–H groups in total. The van der Waals surface area contributed by atoms with Gasteiger partial charge < -0.3 is 4.74 Å². The zero-order chi connectivity index (χ0) is 18.6. The fraction of sp³-hybridized carbons (Fsp3) is 0.417. The topological polar surface area (TPSA) is 15.7 Å². The number of benzene rings is 2. The summed E-state index contributed by atoms with van der Waals surface area (Å²) in [6.45, 7) is 7.27. The first-order valence-electron chi connectivity index (χ1n) is 10.1. The fourth-order valence-electron chi connectivity index (χ4n) is 4.89. The number of likely N-dealkylation sites (tertiary alicyclic amines) is 1. The number of nitrogens with zero attached hydrogens (tertiary/aromatic N) is 2. The molecule has 0 spiro atoms. The maximum atomic E-state index is 5.30. The van der Waals surface area contributed by atoms with Crippen LogP contribution in [0.1, 0.15) is 30.4 Å². The van der Waals surface area contributed by atoms with E-state index in [2.05, 4.69) is 77.1 Å². The average Bonchev–Trinajstić information content (AvgIpc) is 2.99. The van der Waals surface area contributed by atoms with E-state index < -0.39 is 0 Å². The maximum absolute atomic E-state index is 5.30. The van der Waals surface area contributed by atoms with Crippen LogP contribution in [-0.2, 0) is 13.1 Å². The van der Waals surface area contributed by atoms with Gasteiger partial charge in [-0.25, -0.2) is 0 Å².